The number of hydrogen-bond donors (Lipinski definition) is 0. The number of ketones is 2. The first-order valence-electron chi connectivity index (χ1n) is 9.69. The van der Waals surface area contributed by atoms with E-state index < -0.39 is 0 Å². The molecule has 1 aromatic heterocycles. The molecule has 3 aromatic rings. The van der Waals surface area contributed by atoms with E-state index in [4.69, 9.17) is 13.9 Å². The van der Waals surface area contributed by atoms with Crippen molar-refractivity contribution in [2.75, 3.05) is 7.11 Å². The van der Waals surface area contributed by atoms with Gasteiger partial charge in [0.1, 0.15) is 28.9 Å². The van der Waals surface area contributed by atoms with Crippen molar-refractivity contribution in [3.63, 3.8) is 0 Å². The molecule has 1 unspecified atom stereocenters. The summed E-state index contributed by atoms with van der Waals surface area (Å²) in [4.78, 5) is 24.3. The topological polar surface area (TPSA) is 65.7 Å². The Labute approximate surface area is 167 Å². The van der Waals surface area contributed by atoms with Gasteiger partial charge in [-0.1, -0.05) is 30.3 Å². The van der Waals surface area contributed by atoms with Crippen LogP contribution < -0.4 is 9.47 Å². The molecule has 1 aliphatic carbocycles. The first kappa shape index (κ1) is 17.7. The zero-order valence-corrected chi connectivity index (χ0v) is 16.3. The molecular formula is C24H20O5. The van der Waals surface area contributed by atoms with E-state index in [0.717, 1.165) is 35.1 Å². The van der Waals surface area contributed by atoms with Gasteiger partial charge in [0.25, 0.3) is 0 Å². The van der Waals surface area contributed by atoms with E-state index in [1.54, 1.807) is 14.0 Å². The van der Waals surface area contributed by atoms with Crippen molar-refractivity contribution in [1.29, 1.82) is 0 Å². The van der Waals surface area contributed by atoms with Gasteiger partial charge in [0, 0.05) is 17.2 Å². The Morgan fingerprint density at radius 2 is 1.86 bits per heavy atom. The van der Waals surface area contributed by atoms with Gasteiger partial charge >= 0.3 is 0 Å². The molecule has 0 saturated heterocycles. The summed E-state index contributed by atoms with van der Waals surface area (Å²) >= 11 is 0. The molecular weight excluding hydrogens is 368 g/mol. The van der Waals surface area contributed by atoms with Crippen molar-refractivity contribution in [3.05, 3.63) is 64.9 Å². The first-order chi connectivity index (χ1) is 14.1. The number of rotatable bonds is 3. The molecule has 0 bridgehead atoms. The van der Waals surface area contributed by atoms with Crippen molar-refractivity contribution in [2.24, 2.45) is 0 Å². The molecule has 2 heterocycles. The summed E-state index contributed by atoms with van der Waals surface area (Å²) in [5.74, 6) is 1.50. The minimum atomic E-state index is -0.199. The average Bonchev–Trinajstić information content (AvgIpc) is 3.27. The number of hydrogen-bond acceptors (Lipinski definition) is 5. The molecule has 5 nitrogen and oxygen atoms in total. The molecule has 146 valence electrons. The number of benzene rings is 2. The summed E-state index contributed by atoms with van der Waals surface area (Å²) in [6.07, 6.45) is 1.51. The third kappa shape index (κ3) is 2.77. The molecule has 0 fully saturated rings. The summed E-state index contributed by atoms with van der Waals surface area (Å²) in [6.45, 7) is 1.67. The van der Waals surface area contributed by atoms with Crippen LogP contribution in [0.2, 0.25) is 0 Å². The summed E-state index contributed by atoms with van der Waals surface area (Å²) in [7, 11) is 1.63. The van der Waals surface area contributed by atoms with E-state index in [1.807, 2.05) is 30.3 Å². The third-order valence-corrected chi connectivity index (χ3v) is 5.79. The molecule has 0 amide bonds. The van der Waals surface area contributed by atoms with Crippen molar-refractivity contribution in [3.8, 4) is 11.5 Å². The molecule has 5 heteroatoms. The van der Waals surface area contributed by atoms with Gasteiger partial charge in [-0.15, -0.1) is 0 Å². The minimum Gasteiger partial charge on any atom is -0.496 e. The van der Waals surface area contributed by atoms with E-state index in [0.29, 0.717) is 28.2 Å². The number of furan rings is 1. The molecule has 2 aliphatic rings. The van der Waals surface area contributed by atoms with Crippen LogP contribution in [0.1, 0.15) is 42.8 Å². The predicted octanol–water partition coefficient (Wildman–Crippen LogP) is 4.82. The van der Waals surface area contributed by atoms with E-state index in [1.165, 1.54) is 0 Å². The fraction of sp³-hybridized carbons (Fsp3) is 0.250. The highest BCUT2D eigenvalue weighted by molar-refractivity contribution is 6.37. The molecule has 1 aliphatic heterocycles. The van der Waals surface area contributed by atoms with Crippen LogP contribution >= 0.6 is 0 Å². The highest BCUT2D eigenvalue weighted by atomic mass is 16.5. The van der Waals surface area contributed by atoms with E-state index in [-0.39, 0.29) is 24.1 Å². The Morgan fingerprint density at radius 1 is 1.07 bits per heavy atom. The van der Waals surface area contributed by atoms with E-state index in [9.17, 15) is 9.59 Å². The number of fused-ring (bicyclic) bond motifs is 3. The lowest BCUT2D eigenvalue weighted by atomic mass is 9.95. The quantitative estimate of drug-likeness (QED) is 0.602. The first-order valence-corrected chi connectivity index (χ1v) is 9.69. The maximum absolute atomic E-state index is 12.3. The summed E-state index contributed by atoms with van der Waals surface area (Å²) in [5.41, 5.74) is 3.52. The Morgan fingerprint density at radius 3 is 2.55 bits per heavy atom. The van der Waals surface area contributed by atoms with Gasteiger partial charge < -0.3 is 13.9 Å². The van der Waals surface area contributed by atoms with Gasteiger partial charge in [-0.05, 0) is 31.4 Å². The van der Waals surface area contributed by atoms with Crippen molar-refractivity contribution in [1.82, 2.24) is 0 Å². The monoisotopic (exact) mass is 388 g/mol. The van der Waals surface area contributed by atoms with Gasteiger partial charge in [0.05, 0.1) is 24.5 Å². The summed E-state index contributed by atoms with van der Waals surface area (Å²) in [6, 6.07) is 13.8. The lowest BCUT2D eigenvalue weighted by Gasteiger charge is -2.28. The minimum absolute atomic E-state index is 0.0620. The van der Waals surface area contributed by atoms with Gasteiger partial charge in [-0.3, -0.25) is 9.59 Å². The van der Waals surface area contributed by atoms with Gasteiger partial charge in [0.2, 0.25) is 0 Å². The van der Waals surface area contributed by atoms with Crippen LogP contribution in [0.5, 0.6) is 11.5 Å². The van der Waals surface area contributed by atoms with Crippen LogP contribution in [0.15, 0.2) is 52.5 Å². The van der Waals surface area contributed by atoms with Gasteiger partial charge in [0.15, 0.2) is 11.6 Å². The fourth-order valence-corrected chi connectivity index (χ4v) is 4.26. The summed E-state index contributed by atoms with van der Waals surface area (Å²) in [5, 5.41) is 0.795. The van der Waals surface area contributed by atoms with Crippen LogP contribution in [0.25, 0.3) is 16.5 Å². The van der Waals surface area contributed by atoms with Crippen LogP contribution in [-0.2, 0) is 16.0 Å². The van der Waals surface area contributed by atoms with Crippen LogP contribution in [0.4, 0.5) is 0 Å². The number of allylic oxidation sites excluding steroid dienone is 2. The van der Waals surface area contributed by atoms with E-state index >= 15 is 0 Å². The predicted molar refractivity (Wildman–Crippen MR) is 108 cm³/mol. The SMILES string of the molecule is COc1cc2oc(C3=C(C)C(=O)CC3=O)cc2c2c1CCC(c1ccccc1)O2. The Kier molecular flexibility index (Phi) is 4.05. The molecule has 0 saturated carbocycles. The maximum atomic E-state index is 12.3. The number of Topliss-reactive ketones (excluding diaryl/α,β-unsaturated/α-hetero) is 2. The molecule has 1 atom stereocenters. The van der Waals surface area contributed by atoms with Gasteiger partial charge in [-0.2, -0.15) is 0 Å². The van der Waals surface area contributed by atoms with Crippen molar-refractivity contribution < 1.29 is 23.5 Å². The molecule has 2 aromatic carbocycles. The normalized spacial score (nSPS) is 18.9. The standard InChI is InChI=1S/C24H20O5/c1-13-17(25)11-18(26)23(13)22-10-16-21(28-22)12-20(27-2)15-8-9-19(29-24(15)16)14-6-4-3-5-7-14/h3-7,10,12,19H,8-9,11H2,1-2H3. The number of carbonyl (C=O) groups excluding carboxylic acids is 2. The Balaban J connectivity index is 1.66. The largest absolute Gasteiger partial charge is 0.496 e. The number of methoxy groups -OCH3 is 1. The molecule has 0 N–H and O–H groups in total. The van der Waals surface area contributed by atoms with Crippen LogP contribution in [-0.4, -0.2) is 18.7 Å². The second-order valence-electron chi connectivity index (χ2n) is 7.49. The Hall–Kier alpha value is -3.34. The van der Waals surface area contributed by atoms with Gasteiger partial charge in [-0.25, -0.2) is 0 Å². The second kappa shape index (κ2) is 6.62. The van der Waals surface area contributed by atoms with Crippen molar-refractivity contribution >= 4 is 28.1 Å². The highest BCUT2D eigenvalue weighted by Crippen LogP contribution is 2.46. The van der Waals surface area contributed by atoms with Crippen molar-refractivity contribution in [2.45, 2.75) is 32.3 Å². The number of ether oxygens (including phenoxy) is 2. The molecule has 0 spiro atoms. The molecule has 5 rings (SSSR count). The molecule has 29 heavy (non-hydrogen) atoms. The van der Waals surface area contributed by atoms with Crippen LogP contribution in [0.3, 0.4) is 0 Å². The highest BCUT2D eigenvalue weighted by Gasteiger charge is 2.33. The fourth-order valence-electron chi connectivity index (χ4n) is 4.26. The zero-order chi connectivity index (χ0) is 20.1. The maximum Gasteiger partial charge on any atom is 0.174 e. The lowest BCUT2D eigenvalue weighted by molar-refractivity contribution is -0.120. The van der Waals surface area contributed by atoms with E-state index in [2.05, 4.69) is 12.1 Å². The average molecular weight is 388 g/mol. The van der Waals surface area contributed by atoms with Crippen LogP contribution in [0, 0.1) is 0 Å². The summed E-state index contributed by atoms with van der Waals surface area (Å²) < 4.78 is 18.0. The Bertz CT molecular complexity index is 1180. The molecule has 0 radical (unpaired) electrons. The third-order valence-electron chi connectivity index (χ3n) is 5.79. The number of carbonyl (C=O) groups is 2. The second-order valence-corrected chi connectivity index (χ2v) is 7.49. The smallest absolute Gasteiger partial charge is 0.174 e. The lowest BCUT2D eigenvalue weighted by Crippen LogP contribution is -2.16. The zero-order valence-electron chi connectivity index (χ0n) is 16.3.